The Hall–Kier alpha value is -5.82. The van der Waals surface area contributed by atoms with Gasteiger partial charge in [-0.1, -0.05) is 123 Å². The van der Waals surface area contributed by atoms with Crippen LogP contribution in [0.15, 0.2) is 12.2 Å². The fourth-order valence-electron chi connectivity index (χ4n) is 12.3. The molecule has 552 valence electrons. The van der Waals surface area contributed by atoms with E-state index in [4.69, 9.17) is 0 Å². The fraction of sp³-hybridized carbons (Fsp3) is 0.817. The number of allylic oxidation sites excluding steroid dienone is 2. The zero-order valence-electron chi connectivity index (χ0n) is 64.1. The van der Waals surface area contributed by atoms with Gasteiger partial charge in [-0.25, -0.2) is 0 Å². The first-order chi connectivity index (χ1) is 44.3. The lowest BCUT2D eigenvalue weighted by atomic mass is 9.91. The van der Waals surface area contributed by atoms with Gasteiger partial charge in [0.2, 0.25) is 65.0 Å². The van der Waals surface area contributed by atoms with Crippen molar-refractivity contribution in [3.63, 3.8) is 0 Å². The van der Waals surface area contributed by atoms with Crippen molar-refractivity contribution in [2.75, 3.05) is 74.7 Å². The number of thioether (sulfide) groups is 1. The third-order valence-corrected chi connectivity index (χ3v) is 19.9. The molecule has 0 saturated carbocycles. The number of carbonyl (C=O) groups excluding carboxylic acids is 11. The molecule has 0 bridgehead atoms. The molecule has 1 heterocycles. The number of rotatable bonds is 22. The van der Waals surface area contributed by atoms with Crippen molar-refractivity contribution in [3.05, 3.63) is 12.2 Å². The van der Waals surface area contributed by atoms with E-state index in [0.717, 1.165) is 18.0 Å². The quantitative estimate of drug-likeness (QED) is 0.0839. The van der Waals surface area contributed by atoms with Crippen molar-refractivity contribution in [3.8, 4) is 0 Å². The van der Waals surface area contributed by atoms with Gasteiger partial charge < -0.3 is 65.6 Å². The molecule has 0 radical (unpaired) electrons. The number of nitrogens with one attached hydrogen (secondary N) is 4. The third kappa shape index (κ3) is 25.2. The van der Waals surface area contributed by atoms with E-state index in [-0.39, 0.29) is 61.5 Å². The maximum absolute atomic E-state index is 15.6. The van der Waals surface area contributed by atoms with Crippen molar-refractivity contribution >= 4 is 76.7 Å². The zero-order chi connectivity index (χ0) is 74.5. The molecule has 0 aromatic carbocycles. The van der Waals surface area contributed by atoms with Gasteiger partial charge in [-0.05, 0) is 128 Å². The number of likely N-dealkylation sites (N-methyl/N-ethyl adjacent to an activating group) is 7. The molecule has 1 aliphatic rings. The Bertz CT molecular complexity index is 2610. The van der Waals surface area contributed by atoms with E-state index < -0.39 is 160 Å². The van der Waals surface area contributed by atoms with E-state index in [1.165, 1.54) is 104 Å². The standard InChI is InChI=1S/C71H130N12O12S/c1-29-33-34-47(17)59(84)58-63(88)74-50(30-2)65(90)80(26)55(39-96-71(20,21)40-83(31-3)32-4)68(93)76(22)52(36-42(7)8)62(87)75-56(45(13)14)69(94)77(23)51(35-41(5)6)61(86)72-48(18)60(85)73-49(19)64(89)78(24)53(37-43(9)10)66(91)79(25)54(38-44(11)12)67(92)81(27)57(46(15)16)70(95)82(58)28/h29,33,41-59,84H,30-32,34-40H2,1-28H3,(H,72,86)(H,73,85)(H,74,88)(H,75,87)/b33-29+/t47-,48+,49-,50+,51+,52+,53+,54+,55?,56+,57+,58?,59-/m1/s1. The molecule has 1 aliphatic heterocycles. The van der Waals surface area contributed by atoms with Crippen LogP contribution in [0.1, 0.15) is 184 Å². The molecule has 1 fully saturated rings. The maximum atomic E-state index is 15.6. The number of aliphatic hydroxyl groups is 1. The number of hydrogen-bond acceptors (Lipinski definition) is 14. The highest BCUT2D eigenvalue weighted by Crippen LogP contribution is 2.30. The molecular formula is C71H130N12O12S. The van der Waals surface area contributed by atoms with Crippen LogP contribution in [0.25, 0.3) is 0 Å². The lowest BCUT2D eigenvalue weighted by Gasteiger charge is -2.41. The van der Waals surface area contributed by atoms with Gasteiger partial charge >= 0.3 is 0 Å². The van der Waals surface area contributed by atoms with Gasteiger partial charge in [-0.2, -0.15) is 11.8 Å². The first-order valence-electron chi connectivity index (χ1n) is 35.1. The van der Waals surface area contributed by atoms with Crippen LogP contribution in [-0.2, 0) is 52.7 Å². The summed E-state index contributed by atoms with van der Waals surface area (Å²) in [7, 11) is 10.2. The van der Waals surface area contributed by atoms with Crippen LogP contribution in [0.2, 0.25) is 0 Å². The average Bonchev–Trinajstić information content (AvgIpc) is 0.815. The van der Waals surface area contributed by atoms with Gasteiger partial charge in [0, 0.05) is 66.4 Å². The molecule has 24 nitrogen and oxygen atoms in total. The monoisotopic (exact) mass is 1370 g/mol. The van der Waals surface area contributed by atoms with Crippen molar-refractivity contribution < 1.29 is 57.8 Å². The second-order valence-corrected chi connectivity index (χ2v) is 31.6. The zero-order valence-corrected chi connectivity index (χ0v) is 64.9. The number of amides is 11. The van der Waals surface area contributed by atoms with E-state index in [1.807, 2.05) is 82.2 Å². The first kappa shape index (κ1) is 88.2. The van der Waals surface area contributed by atoms with Crippen LogP contribution in [0, 0.1) is 41.4 Å². The molecule has 13 atom stereocenters. The molecule has 96 heavy (non-hydrogen) atoms. The SMILES string of the molecule is C/C=C/C[C@@H](C)[C@@H](O)C1C(=O)N[C@@H](CC)C(=O)N(C)C(CSC(C)(C)CN(CC)CC)C(=O)N(C)[C@@H](CC(C)C)C(=O)N[C@@H](C(C)C)C(=O)N(C)[C@@H](CC(C)C)C(=O)N[C@@H](C)C(=O)N[C@H](C)C(=O)N(C)[C@@H](CC(C)C)C(=O)N(C)[C@@H](CC(C)C)C(=O)N(C)[C@@H](C(C)C)C(=O)N1C. The lowest BCUT2D eigenvalue weighted by molar-refractivity contribution is -0.157. The smallest absolute Gasteiger partial charge is 0.246 e. The largest absolute Gasteiger partial charge is 0.390 e. The van der Waals surface area contributed by atoms with Gasteiger partial charge in [0.05, 0.1) is 6.10 Å². The fourth-order valence-corrected chi connectivity index (χ4v) is 13.6. The summed E-state index contributed by atoms with van der Waals surface area (Å²) in [5.41, 5.74) is 0. The van der Waals surface area contributed by atoms with E-state index in [2.05, 4.69) is 40.0 Å². The molecular weight excluding hydrogens is 1240 g/mol. The second-order valence-electron chi connectivity index (χ2n) is 29.8. The van der Waals surface area contributed by atoms with Gasteiger partial charge in [0.15, 0.2) is 0 Å². The van der Waals surface area contributed by atoms with E-state index >= 15 is 33.6 Å². The maximum Gasteiger partial charge on any atom is 0.246 e. The molecule has 25 heteroatoms. The second kappa shape index (κ2) is 40.3. The summed E-state index contributed by atoms with van der Waals surface area (Å²) in [6.45, 7) is 40.5. The van der Waals surface area contributed by atoms with E-state index in [0.29, 0.717) is 13.0 Å². The number of nitrogens with zero attached hydrogens (tertiary/aromatic N) is 8. The van der Waals surface area contributed by atoms with Gasteiger partial charge in [-0.15, -0.1) is 0 Å². The Balaban J connectivity index is 4.62. The minimum atomic E-state index is -1.64. The number of carbonyl (C=O) groups is 11. The molecule has 0 aliphatic carbocycles. The Morgan fingerprint density at radius 2 is 0.865 bits per heavy atom. The summed E-state index contributed by atoms with van der Waals surface area (Å²) in [5.74, 6) is -9.73. The van der Waals surface area contributed by atoms with Gasteiger partial charge in [0.25, 0.3) is 0 Å². The molecule has 1 saturated heterocycles. The van der Waals surface area contributed by atoms with Crippen LogP contribution in [0.4, 0.5) is 0 Å². The minimum absolute atomic E-state index is 0.00235. The third-order valence-electron chi connectivity index (χ3n) is 18.5. The highest BCUT2D eigenvalue weighted by Gasteiger charge is 2.47. The summed E-state index contributed by atoms with van der Waals surface area (Å²) < 4.78 is -0.467. The van der Waals surface area contributed by atoms with Crippen molar-refractivity contribution in [1.82, 2.24) is 60.5 Å². The molecule has 1 rings (SSSR count). The Morgan fingerprint density at radius 1 is 0.469 bits per heavy atom. The predicted molar refractivity (Wildman–Crippen MR) is 382 cm³/mol. The van der Waals surface area contributed by atoms with Crippen molar-refractivity contribution in [2.24, 2.45) is 41.4 Å². The number of hydrogen-bond donors (Lipinski definition) is 5. The summed E-state index contributed by atoms with van der Waals surface area (Å²) in [4.78, 5) is 176. The number of aliphatic hydroxyl groups excluding tert-OH is 1. The van der Waals surface area contributed by atoms with Crippen LogP contribution < -0.4 is 21.3 Å². The van der Waals surface area contributed by atoms with Crippen LogP contribution in [0.3, 0.4) is 0 Å². The van der Waals surface area contributed by atoms with Crippen LogP contribution in [0.5, 0.6) is 0 Å². The van der Waals surface area contributed by atoms with Crippen LogP contribution in [-0.4, -0.2) is 261 Å². The van der Waals surface area contributed by atoms with Crippen molar-refractivity contribution in [2.45, 2.75) is 261 Å². The van der Waals surface area contributed by atoms with Crippen LogP contribution >= 0.6 is 11.8 Å². The Labute approximate surface area is 582 Å². The predicted octanol–water partition coefficient (Wildman–Crippen LogP) is 5.49. The van der Waals surface area contributed by atoms with E-state index in [9.17, 15) is 24.3 Å². The minimum Gasteiger partial charge on any atom is -0.390 e. The topological polar surface area (TPSA) is 282 Å². The Morgan fingerprint density at radius 3 is 1.30 bits per heavy atom. The molecule has 2 unspecified atom stereocenters. The summed E-state index contributed by atoms with van der Waals surface area (Å²) in [6.07, 6.45) is 2.97. The highest BCUT2D eigenvalue weighted by molar-refractivity contribution is 8.00. The van der Waals surface area contributed by atoms with E-state index in [1.54, 1.807) is 47.6 Å². The highest BCUT2D eigenvalue weighted by atomic mass is 32.2. The summed E-state index contributed by atoms with van der Waals surface area (Å²) >= 11 is 1.47. The molecule has 0 aromatic heterocycles. The first-order valence-corrected chi connectivity index (χ1v) is 36.0. The average molecular weight is 1380 g/mol. The van der Waals surface area contributed by atoms with Gasteiger partial charge in [0.1, 0.15) is 66.5 Å². The van der Waals surface area contributed by atoms with Crippen molar-refractivity contribution in [1.29, 1.82) is 0 Å². The Kier molecular flexibility index (Phi) is 37.0. The molecule has 0 aromatic rings. The summed E-state index contributed by atoms with van der Waals surface area (Å²) in [5, 5.41) is 23.6. The normalized spacial score (nSPS) is 26.2. The lowest BCUT2D eigenvalue weighted by Crippen LogP contribution is -2.64. The summed E-state index contributed by atoms with van der Waals surface area (Å²) in [6, 6.07) is -13.8. The van der Waals surface area contributed by atoms with Gasteiger partial charge in [-0.3, -0.25) is 52.7 Å². The molecule has 11 amide bonds. The molecule has 0 spiro atoms. The molecule has 5 N–H and O–H groups in total.